The number of nitrogens with zero attached hydrogens (tertiary/aromatic N) is 3. The highest BCUT2D eigenvalue weighted by molar-refractivity contribution is 6.08. The highest BCUT2D eigenvalue weighted by Gasteiger charge is 2.31. The Kier molecular flexibility index (Phi) is 2.68. The van der Waals surface area contributed by atoms with Gasteiger partial charge in [0.25, 0.3) is 0 Å². The maximum absolute atomic E-state index is 11.9. The van der Waals surface area contributed by atoms with E-state index in [0.717, 1.165) is 5.69 Å². The molecule has 0 bridgehead atoms. The number of anilines is 1. The quantitative estimate of drug-likeness (QED) is 0.601. The van der Waals surface area contributed by atoms with E-state index < -0.39 is 0 Å². The molecule has 0 radical (unpaired) electrons. The van der Waals surface area contributed by atoms with Crippen LogP contribution in [-0.4, -0.2) is 34.8 Å². The summed E-state index contributed by atoms with van der Waals surface area (Å²) in [4.78, 5) is 18.9. The molecule has 2 amide bonds. The van der Waals surface area contributed by atoms with Crippen LogP contribution in [0.25, 0.3) is 0 Å². The van der Waals surface area contributed by atoms with Gasteiger partial charge in [0.15, 0.2) is 0 Å². The van der Waals surface area contributed by atoms with Crippen molar-refractivity contribution in [2.45, 2.75) is 0 Å². The Bertz CT molecular complexity index is 429. The van der Waals surface area contributed by atoms with E-state index in [1.54, 1.807) is 23.4 Å². The molecule has 2 rings (SSSR count). The van der Waals surface area contributed by atoms with E-state index in [9.17, 15) is 4.79 Å². The summed E-state index contributed by atoms with van der Waals surface area (Å²) in [5, 5.41) is 7.56. The Hall–Kier alpha value is -2.17. The highest BCUT2D eigenvalue weighted by Crippen LogP contribution is 2.18. The van der Waals surface area contributed by atoms with Gasteiger partial charge in [-0.2, -0.15) is 0 Å². The fourth-order valence-electron chi connectivity index (χ4n) is 1.62. The van der Waals surface area contributed by atoms with Gasteiger partial charge in [0.2, 0.25) is 0 Å². The molecule has 0 aromatic carbocycles. The summed E-state index contributed by atoms with van der Waals surface area (Å²) < 4.78 is 0. The van der Waals surface area contributed by atoms with Crippen molar-refractivity contribution < 1.29 is 4.79 Å². The summed E-state index contributed by atoms with van der Waals surface area (Å²) in [6.07, 6.45) is 4.66. The van der Waals surface area contributed by atoms with Gasteiger partial charge in [-0.3, -0.25) is 20.2 Å². The lowest BCUT2D eigenvalue weighted by atomic mass is 10.4. The van der Waals surface area contributed by atoms with Gasteiger partial charge in [-0.15, -0.1) is 0 Å². The van der Waals surface area contributed by atoms with E-state index >= 15 is 0 Å². The number of nitrogens with one attached hydrogen (secondary N) is 1. The average Bonchev–Trinajstić information content (AvgIpc) is 2.71. The number of hydrogen-bond donors (Lipinski definition) is 1. The zero-order chi connectivity index (χ0) is 11.5. The van der Waals surface area contributed by atoms with Crippen LogP contribution in [0.3, 0.4) is 0 Å². The molecular weight excluding hydrogens is 204 g/mol. The first-order chi connectivity index (χ1) is 7.74. The van der Waals surface area contributed by atoms with Gasteiger partial charge in [-0.05, 0) is 18.2 Å². The molecule has 5 heteroatoms. The van der Waals surface area contributed by atoms with Crippen molar-refractivity contribution in [2.75, 3.05) is 18.0 Å². The number of aromatic nitrogens is 1. The number of pyridine rings is 1. The second kappa shape index (κ2) is 4.14. The molecule has 1 aliphatic rings. The number of amidine groups is 1. The lowest BCUT2D eigenvalue weighted by molar-refractivity contribution is 0.238. The van der Waals surface area contributed by atoms with Gasteiger partial charge in [0, 0.05) is 19.3 Å². The Balaban J connectivity index is 2.20. The van der Waals surface area contributed by atoms with Crippen molar-refractivity contribution in [2.24, 2.45) is 0 Å². The summed E-state index contributed by atoms with van der Waals surface area (Å²) in [6.45, 7) is 4.57. The number of carbonyl (C=O) groups is 1. The third-order valence-electron chi connectivity index (χ3n) is 2.45. The molecule has 0 unspecified atom stereocenters. The minimum atomic E-state index is -0.196. The van der Waals surface area contributed by atoms with Crippen molar-refractivity contribution >= 4 is 17.6 Å². The predicted molar refractivity (Wildman–Crippen MR) is 61.6 cm³/mol. The van der Waals surface area contributed by atoms with E-state index in [2.05, 4.69) is 11.6 Å². The van der Waals surface area contributed by atoms with Gasteiger partial charge >= 0.3 is 6.03 Å². The largest absolute Gasteiger partial charge is 0.330 e. The van der Waals surface area contributed by atoms with Crippen molar-refractivity contribution in [3.05, 3.63) is 37.2 Å². The lowest BCUT2D eigenvalue weighted by Gasteiger charge is -2.17. The SMILES string of the molecule is C=CC(=N)N1CCN(c2cccnc2)C1=O. The summed E-state index contributed by atoms with van der Waals surface area (Å²) in [6, 6.07) is 3.41. The molecule has 0 saturated carbocycles. The van der Waals surface area contributed by atoms with Gasteiger partial charge < -0.3 is 0 Å². The number of amides is 2. The molecule has 1 aliphatic heterocycles. The molecule has 1 aromatic rings. The minimum absolute atomic E-state index is 0.136. The van der Waals surface area contributed by atoms with Crippen LogP contribution in [0.15, 0.2) is 37.2 Å². The minimum Gasteiger partial charge on any atom is -0.291 e. The molecule has 1 fully saturated rings. The Morgan fingerprint density at radius 2 is 2.38 bits per heavy atom. The maximum Gasteiger partial charge on any atom is 0.330 e. The first-order valence-corrected chi connectivity index (χ1v) is 4.94. The number of carbonyl (C=O) groups excluding carboxylic acids is 1. The van der Waals surface area contributed by atoms with Crippen LogP contribution in [0, 0.1) is 5.41 Å². The number of hydrogen-bond acceptors (Lipinski definition) is 3. The topological polar surface area (TPSA) is 60.3 Å². The highest BCUT2D eigenvalue weighted by atomic mass is 16.2. The van der Waals surface area contributed by atoms with E-state index in [4.69, 9.17) is 5.41 Å². The first kappa shape index (κ1) is 10.4. The molecule has 0 atom stereocenters. The van der Waals surface area contributed by atoms with E-state index in [-0.39, 0.29) is 11.9 Å². The van der Waals surface area contributed by atoms with E-state index in [1.807, 2.05) is 6.07 Å². The smallest absolute Gasteiger partial charge is 0.291 e. The maximum atomic E-state index is 11.9. The van der Waals surface area contributed by atoms with Crippen molar-refractivity contribution in [1.82, 2.24) is 9.88 Å². The monoisotopic (exact) mass is 216 g/mol. The molecular formula is C11H12N4O. The predicted octanol–water partition coefficient (Wildman–Crippen LogP) is 1.49. The number of urea groups is 1. The Labute approximate surface area is 93.5 Å². The first-order valence-electron chi connectivity index (χ1n) is 4.94. The molecule has 16 heavy (non-hydrogen) atoms. The zero-order valence-electron chi connectivity index (χ0n) is 8.76. The van der Waals surface area contributed by atoms with Crippen LogP contribution in [-0.2, 0) is 0 Å². The fourth-order valence-corrected chi connectivity index (χ4v) is 1.62. The molecule has 0 spiro atoms. The Morgan fingerprint density at radius 3 is 3.00 bits per heavy atom. The fraction of sp³-hybridized carbons (Fsp3) is 0.182. The molecule has 1 aromatic heterocycles. The van der Waals surface area contributed by atoms with E-state index in [0.29, 0.717) is 13.1 Å². The second-order valence-corrected chi connectivity index (χ2v) is 3.39. The number of rotatable bonds is 2. The van der Waals surface area contributed by atoms with Crippen LogP contribution in [0.1, 0.15) is 0 Å². The van der Waals surface area contributed by atoms with Crippen LogP contribution in [0.4, 0.5) is 10.5 Å². The molecule has 1 saturated heterocycles. The van der Waals surface area contributed by atoms with Crippen LogP contribution in [0.2, 0.25) is 0 Å². The van der Waals surface area contributed by atoms with Crippen molar-refractivity contribution in [1.29, 1.82) is 5.41 Å². The third-order valence-corrected chi connectivity index (χ3v) is 2.45. The summed E-state index contributed by atoms with van der Waals surface area (Å²) >= 11 is 0. The standard InChI is InChI=1S/C11H12N4O/c1-2-10(12)15-7-6-14(11(15)16)9-4-3-5-13-8-9/h2-5,8,12H,1,6-7H2. The molecule has 1 N–H and O–H groups in total. The van der Waals surface area contributed by atoms with Gasteiger partial charge in [-0.1, -0.05) is 6.58 Å². The molecule has 5 nitrogen and oxygen atoms in total. The van der Waals surface area contributed by atoms with Crippen LogP contribution < -0.4 is 4.90 Å². The summed E-state index contributed by atoms with van der Waals surface area (Å²) in [7, 11) is 0. The van der Waals surface area contributed by atoms with Gasteiger partial charge in [-0.25, -0.2) is 4.79 Å². The zero-order valence-corrected chi connectivity index (χ0v) is 8.76. The summed E-state index contributed by atoms with van der Waals surface area (Å²) in [5.74, 6) is 0.136. The second-order valence-electron chi connectivity index (χ2n) is 3.39. The van der Waals surface area contributed by atoms with Gasteiger partial charge in [0.1, 0.15) is 5.84 Å². The lowest BCUT2D eigenvalue weighted by Crippen LogP contribution is -2.34. The molecule has 82 valence electrons. The van der Waals surface area contributed by atoms with Crippen LogP contribution >= 0.6 is 0 Å². The third kappa shape index (κ3) is 1.67. The molecule has 2 heterocycles. The van der Waals surface area contributed by atoms with E-state index in [1.165, 1.54) is 11.0 Å². The van der Waals surface area contributed by atoms with Crippen LogP contribution in [0.5, 0.6) is 0 Å². The van der Waals surface area contributed by atoms with Gasteiger partial charge in [0.05, 0.1) is 11.9 Å². The molecule has 0 aliphatic carbocycles. The van der Waals surface area contributed by atoms with Crippen molar-refractivity contribution in [3.8, 4) is 0 Å². The average molecular weight is 216 g/mol. The normalized spacial score (nSPS) is 15.4. The summed E-state index contributed by atoms with van der Waals surface area (Å²) in [5.41, 5.74) is 0.756. The Morgan fingerprint density at radius 1 is 1.56 bits per heavy atom. The van der Waals surface area contributed by atoms with Crippen molar-refractivity contribution in [3.63, 3.8) is 0 Å².